The van der Waals surface area contributed by atoms with E-state index in [1.807, 2.05) is 6.07 Å². The van der Waals surface area contributed by atoms with Crippen LogP contribution in [0.5, 0.6) is 5.88 Å². The summed E-state index contributed by atoms with van der Waals surface area (Å²) in [4.78, 5) is 12.6. The van der Waals surface area contributed by atoms with Gasteiger partial charge in [-0.05, 0) is 32.0 Å². The van der Waals surface area contributed by atoms with Crippen molar-refractivity contribution in [2.75, 3.05) is 0 Å². The van der Waals surface area contributed by atoms with Gasteiger partial charge in [0.1, 0.15) is 17.3 Å². The van der Waals surface area contributed by atoms with Crippen LogP contribution >= 0.6 is 23.2 Å². The lowest BCUT2D eigenvalue weighted by Crippen LogP contribution is -2.26. The number of nitrogens with zero attached hydrogens (tertiary/aromatic N) is 4. The van der Waals surface area contributed by atoms with Gasteiger partial charge in [0.05, 0.1) is 17.7 Å². The van der Waals surface area contributed by atoms with Crippen molar-refractivity contribution >= 4 is 34.6 Å². The van der Waals surface area contributed by atoms with Crippen LogP contribution in [0.4, 0.5) is 11.4 Å². The number of aliphatic hydroxyl groups is 1. The molecule has 0 fully saturated rings. The molecular weight excluding hydrogens is 367 g/mol. The van der Waals surface area contributed by atoms with E-state index in [-0.39, 0.29) is 34.1 Å². The van der Waals surface area contributed by atoms with Crippen LogP contribution in [0.3, 0.4) is 0 Å². The first-order valence-electron chi connectivity index (χ1n) is 7.17. The van der Waals surface area contributed by atoms with Gasteiger partial charge in [0.2, 0.25) is 5.88 Å². The normalized spacial score (nSPS) is 12.3. The van der Waals surface area contributed by atoms with Crippen molar-refractivity contribution < 1.29 is 10.2 Å². The molecular formula is C16H14Cl2N4O3. The molecule has 25 heavy (non-hydrogen) atoms. The van der Waals surface area contributed by atoms with Crippen LogP contribution in [0.15, 0.2) is 33.2 Å². The van der Waals surface area contributed by atoms with Crippen molar-refractivity contribution in [2.45, 2.75) is 26.5 Å². The number of pyridine rings is 1. The standard InChI is InChI=1S/C16H14Cl2N4O3/c1-8(23)7-22-15(24)11(6-19)9(2)14(16(22)25)21-20-13-5-10(17)3-4-12(13)18/h3-5,8,23-24H,7H2,1-2H3. The molecule has 0 saturated heterocycles. The molecule has 130 valence electrons. The van der Waals surface area contributed by atoms with Gasteiger partial charge in [-0.3, -0.25) is 9.36 Å². The SMILES string of the molecule is Cc1c(C#N)c(O)n(CC(C)O)c(=O)c1N=Nc1cc(Cl)ccc1Cl. The smallest absolute Gasteiger partial charge is 0.281 e. The van der Waals surface area contributed by atoms with Crippen LogP contribution in [-0.4, -0.2) is 20.9 Å². The van der Waals surface area contributed by atoms with Crippen LogP contribution in [0.1, 0.15) is 18.1 Å². The van der Waals surface area contributed by atoms with E-state index in [1.165, 1.54) is 26.0 Å². The molecule has 2 N–H and O–H groups in total. The van der Waals surface area contributed by atoms with Gasteiger partial charge in [-0.1, -0.05) is 23.2 Å². The lowest BCUT2D eigenvalue weighted by molar-refractivity contribution is 0.167. The summed E-state index contributed by atoms with van der Waals surface area (Å²) in [6.45, 7) is 2.73. The zero-order valence-electron chi connectivity index (χ0n) is 13.4. The fourth-order valence-corrected chi connectivity index (χ4v) is 2.48. The summed E-state index contributed by atoms with van der Waals surface area (Å²) in [5.41, 5.74) is -0.510. The summed E-state index contributed by atoms with van der Waals surface area (Å²) in [6.07, 6.45) is -0.912. The monoisotopic (exact) mass is 380 g/mol. The number of azo groups is 1. The topological polar surface area (TPSA) is 111 Å². The Bertz CT molecular complexity index is 946. The second-order valence-corrected chi connectivity index (χ2v) is 6.19. The van der Waals surface area contributed by atoms with Crippen LogP contribution < -0.4 is 5.56 Å². The highest BCUT2D eigenvalue weighted by molar-refractivity contribution is 6.35. The van der Waals surface area contributed by atoms with Gasteiger partial charge < -0.3 is 10.2 Å². The van der Waals surface area contributed by atoms with Crippen molar-refractivity contribution in [3.05, 3.63) is 49.7 Å². The number of nitriles is 1. The maximum Gasteiger partial charge on any atom is 0.281 e. The third-order valence-electron chi connectivity index (χ3n) is 3.38. The average Bonchev–Trinajstić information content (AvgIpc) is 2.54. The zero-order chi connectivity index (χ0) is 18.7. The van der Waals surface area contributed by atoms with E-state index in [4.69, 9.17) is 23.2 Å². The number of hydrogen-bond acceptors (Lipinski definition) is 6. The Morgan fingerprint density at radius 2 is 2.04 bits per heavy atom. The van der Waals surface area contributed by atoms with Gasteiger partial charge in [0.25, 0.3) is 5.56 Å². The molecule has 1 atom stereocenters. The van der Waals surface area contributed by atoms with Gasteiger partial charge in [0.15, 0.2) is 5.69 Å². The molecule has 7 nitrogen and oxygen atoms in total. The summed E-state index contributed by atoms with van der Waals surface area (Å²) < 4.78 is 0.879. The van der Waals surface area contributed by atoms with Gasteiger partial charge in [-0.2, -0.15) is 5.26 Å². The molecule has 0 aliphatic heterocycles. The molecule has 2 aromatic rings. The highest BCUT2D eigenvalue weighted by Crippen LogP contribution is 2.31. The molecule has 9 heteroatoms. The molecule has 1 aromatic carbocycles. The molecule has 0 radical (unpaired) electrons. The molecule has 0 saturated carbocycles. The molecule has 1 unspecified atom stereocenters. The Morgan fingerprint density at radius 3 is 2.64 bits per heavy atom. The van der Waals surface area contributed by atoms with Crippen LogP contribution in [0.25, 0.3) is 0 Å². The molecule has 2 rings (SSSR count). The van der Waals surface area contributed by atoms with Crippen molar-refractivity contribution in [3.8, 4) is 11.9 Å². The third-order valence-corrected chi connectivity index (χ3v) is 3.94. The Kier molecular flexibility index (Phi) is 5.80. The minimum Gasteiger partial charge on any atom is -0.493 e. The fourth-order valence-electron chi connectivity index (χ4n) is 2.16. The van der Waals surface area contributed by atoms with Gasteiger partial charge in [0, 0.05) is 10.6 Å². The van der Waals surface area contributed by atoms with E-state index in [0.717, 1.165) is 4.57 Å². The van der Waals surface area contributed by atoms with E-state index in [9.17, 15) is 20.3 Å². The molecule has 0 aliphatic carbocycles. The second-order valence-electron chi connectivity index (χ2n) is 5.34. The van der Waals surface area contributed by atoms with Gasteiger partial charge in [-0.15, -0.1) is 10.2 Å². The first-order valence-corrected chi connectivity index (χ1v) is 7.93. The Labute approximate surface area is 153 Å². The van der Waals surface area contributed by atoms with Crippen molar-refractivity contribution in [1.82, 2.24) is 4.57 Å². The van der Waals surface area contributed by atoms with Crippen molar-refractivity contribution in [1.29, 1.82) is 5.26 Å². The number of benzene rings is 1. The average molecular weight is 381 g/mol. The molecule has 0 aliphatic rings. The Balaban J connectivity index is 2.65. The molecule has 1 heterocycles. The van der Waals surface area contributed by atoms with Crippen LogP contribution in [0.2, 0.25) is 10.0 Å². The molecule has 0 spiro atoms. The largest absolute Gasteiger partial charge is 0.493 e. The summed E-state index contributed by atoms with van der Waals surface area (Å²) >= 11 is 11.9. The van der Waals surface area contributed by atoms with E-state index >= 15 is 0 Å². The zero-order valence-corrected chi connectivity index (χ0v) is 14.9. The van der Waals surface area contributed by atoms with E-state index < -0.39 is 17.5 Å². The number of rotatable bonds is 4. The molecule has 0 bridgehead atoms. The maximum atomic E-state index is 12.6. The number of halogens is 2. The van der Waals surface area contributed by atoms with Crippen molar-refractivity contribution in [3.63, 3.8) is 0 Å². The lowest BCUT2D eigenvalue weighted by atomic mass is 10.1. The molecule has 0 amide bonds. The minimum absolute atomic E-state index is 0.119. The first kappa shape index (κ1) is 18.9. The fraction of sp³-hybridized carbons (Fsp3) is 0.250. The third kappa shape index (κ3) is 3.99. The minimum atomic E-state index is -0.912. The first-order chi connectivity index (χ1) is 11.8. The van der Waals surface area contributed by atoms with Gasteiger partial charge in [-0.25, -0.2) is 0 Å². The summed E-state index contributed by atoms with van der Waals surface area (Å²) in [6, 6.07) is 6.42. The molecule has 1 aromatic heterocycles. The number of aromatic hydroxyl groups is 1. The Morgan fingerprint density at radius 1 is 1.36 bits per heavy atom. The lowest BCUT2D eigenvalue weighted by Gasteiger charge is -2.14. The predicted molar refractivity (Wildman–Crippen MR) is 94.1 cm³/mol. The maximum absolute atomic E-state index is 12.6. The van der Waals surface area contributed by atoms with Crippen molar-refractivity contribution in [2.24, 2.45) is 10.2 Å². The van der Waals surface area contributed by atoms with E-state index in [0.29, 0.717) is 5.02 Å². The second kappa shape index (κ2) is 7.66. The summed E-state index contributed by atoms with van der Waals surface area (Å²) in [5, 5.41) is 37.4. The number of aromatic nitrogens is 1. The predicted octanol–water partition coefficient (Wildman–Crippen LogP) is 3.84. The van der Waals surface area contributed by atoms with E-state index in [1.54, 1.807) is 6.07 Å². The highest BCUT2D eigenvalue weighted by atomic mass is 35.5. The quantitative estimate of drug-likeness (QED) is 0.784. The van der Waals surface area contributed by atoms with Gasteiger partial charge >= 0.3 is 0 Å². The van der Waals surface area contributed by atoms with Crippen LogP contribution in [0, 0.1) is 18.3 Å². The summed E-state index contributed by atoms with van der Waals surface area (Å²) in [5.74, 6) is -0.523. The number of aliphatic hydroxyl groups excluding tert-OH is 1. The highest BCUT2D eigenvalue weighted by Gasteiger charge is 2.20. The van der Waals surface area contributed by atoms with Crippen LogP contribution in [-0.2, 0) is 6.54 Å². The number of hydrogen-bond donors (Lipinski definition) is 2. The Hall–Kier alpha value is -2.40. The summed E-state index contributed by atoms with van der Waals surface area (Å²) in [7, 11) is 0. The van der Waals surface area contributed by atoms with E-state index in [2.05, 4.69) is 10.2 Å².